The Bertz CT molecular complexity index is 889. The molecule has 1 saturated heterocycles. The molecule has 0 bridgehead atoms. The minimum Gasteiger partial charge on any atom is -0.473 e. The van der Waals surface area contributed by atoms with E-state index in [9.17, 15) is 13.2 Å². The number of nitrogens with zero attached hydrogens (tertiary/aromatic N) is 4. The fraction of sp³-hybridized carbons (Fsp3) is 0.471. The van der Waals surface area contributed by atoms with Gasteiger partial charge in [0, 0.05) is 43.8 Å². The van der Waals surface area contributed by atoms with Crippen molar-refractivity contribution in [1.82, 2.24) is 19.4 Å². The molecular weight excluding hydrogens is 356 g/mol. The lowest BCUT2D eigenvalue weighted by atomic mass is 10.1. The molecule has 0 aliphatic carbocycles. The van der Waals surface area contributed by atoms with Crippen LogP contribution < -0.4 is 4.74 Å². The number of hydrogen-bond acceptors (Lipinski definition) is 6. The zero-order valence-corrected chi connectivity index (χ0v) is 15.6. The molecule has 1 fully saturated rings. The average Bonchev–Trinajstić information content (AvgIpc) is 2.62. The van der Waals surface area contributed by atoms with Crippen molar-refractivity contribution < 1.29 is 17.9 Å². The molecule has 0 N–H and O–H groups in total. The number of sulfonamides is 1. The van der Waals surface area contributed by atoms with E-state index < -0.39 is 10.0 Å². The molecule has 1 aliphatic rings. The van der Waals surface area contributed by atoms with E-state index in [1.54, 1.807) is 11.1 Å². The van der Waals surface area contributed by atoms with Gasteiger partial charge in [0.05, 0.1) is 19.0 Å². The second-order valence-corrected chi connectivity index (χ2v) is 8.54. The van der Waals surface area contributed by atoms with E-state index in [1.807, 2.05) is 24.3 Å². The predicted molar refractivity (Wildman–Crippen MR) is 97.2 cm³/mol. The molecule has 0 spiro atoms. The number of fused-ring (bicyclic) bond motifs is 1. The average molecular weight is 378 g/mol. The van der Waals surface area contributed by atoms with Crippen LogP contribution in [0.1, 0.15) is 12.8 Å². The third-order valence-corrected chi connectivity index (χ3v) is 5.80. The van der Waals surface area contributed by atoms with Crippen LogP contribution in [0.3, 0.4) is 0 Å². The Hall–Kier alpha value is -2.26. The zero-order valence-electron chi connectivity index (χ0n) is 14.8. The summed E-state index contributed by atoms with van der Waals surface area (Å²) in [7, 11) is -1.96. The van der Waals surface area contributed by atoms with Gasteiger partial charge < -0.3 is 9.64 Å². The van der Waals surface area contributed by atoms with Gasteiger partial charge in [-0.25, -0.2) is 8.42 Å². The van der Waals surface area contributed by atoms with Crippen molar-refractivity contribution in [2.24, 2.45) is 0 Å². The number of rotatable bonds is 5. The summed E-state index contributed by atoms with van der Waals surface area (Å²) in [6, 6.07) is 7.76. The molecule has 2 aromatic rings. The van der Waals surface area contributed by atoms with Crippen LogP contribution >= 0.6 is 0 Å². The first kappa shape index (κ1) is 18.5. The predicted octanol–water partition coefficient (Wildman–Crippen LogP) is 0.891. The highest BCUT2D eigenvalue weighted by molar-refractivity contribution is 7.88. The highest BCUT2D eigenvalue weighted by Gasteiger charge is 2.26. The molecule has 140 valence electrons. The van der Waals surface area contributed by atoms with E-state index in [1.165, 1.54) is 7.05 Å². The molecule has 0 saturated carbocycles. The lowest BCUT2D eigenvalue weighted by Crippen LogP contribution is -2.46. The van der Waals surface area contributed by atoms with Crippen LogP contribution in [0, 0.1) is 0 Å². The lowest BCUT2D eigenvalue weighted by Gasteiger charge is -2.32. The van der Waals surface area contributed by atoms with E-state index in [-0.39, 0.29) is 18.6 Å². The molecule has 1 aromatic heterocycles. The number of carbonyl (C=O) groups is 1. The molecule has 26 heavy (non-hydrogen) atoms. The number of piperidine rings is 1. The molecule has 0 unspecified atom stereocenters. The molecule has 9 heteroatoms. The largest absolute Gasteiger partial charge is 0.473 e. The maximum absolute atomic E-state index is 12.3. The van der Waals surface area contributed by atoms with Crippen LogP contribution in [0.5, 0.6) is 5.88 Å². The quantitative estimate of drug-likeness (QED) is 0.767. The van der Waals surface area contributed by atoms with Crippen molar-refractivity contribution in [1.29, 1.82) is 0 Å². The van der Waals surface area contributed by atoms with Gasteiger partial charge in [0.25, 0.3) is 0 Å². The standard InChI is InChI=1S/C17H22N4O4S/c1-20(26(2,23)24)12-16(22)21-9-7-14(8-10-21)25-17-15-6-4-3-5-13(15)11-18-19-17/h3-6,11,14H,7-10,12H2,1-2H3. The second kappa shape index (κ2) is 7.55. The number of ether oxygens (including phenoxy) is 1. The molecule has 1 aliphatic heterocycles. The minimum absolute atomic E-state index is 0.0493. The summed E-state index contributed by atoms with van der Waals surface area (Å²) in [5.41, 5.74) is 0. The summed E-state index contributed by atoms with van der Waals surface area (Å²) in [5.74, 6) is 0.311. The number of amides is 1. The van der Waals surface area contributed by atoms with Crippen molar-refractivity contribution in [2.45, 2.75) is 18.9 Å². The van der Waals surface area contributed by atoms with Gasteiger partial charge in [-0.05, 0) is 6.07 Å². The summed E-state index contributed by atoms with van der Waals surface area (Å²) in [6.07, 6.45) is 4.07. The maximum atomic E-state index is 12.3. The van der Waals surface area contributed by atoms with Crippen LogP contribution in [0.25, 0.3) is 10.8 Å². The summed E-state index contributed by atoms with van der Waals surface area (Å²) in [6.45, 7) is 0.914. The number of hydrogen-bond donors (Lipinski definition) is 0. The SMILES string of the molecule is CN(CC(=O)N1CCC(Oc2nncc3ccccc23)CC1)S(C)(=O)=O. The van der Waals surface area contributed by atoms with Gasteiger partial charge in [-0.15, -0.1) is 5.10 Å². The Morgan fingerprint density at radius 1 is 1.31 bits per heavy atom. The maximum Gasteiger partial charge on any atom is 0.241 e. The van der Waals surface area contributed by atoms with Crippen LogP contribution in [0.2, 0.25) is 0 Å². The fourth-order valence-corrected chi connectivity index (χ4v) is 3.22. The molecule has 3 rings (SSSR count). The third-order valence-electron chi connectivity index (χ3n) is 4.53. The highest BCUT2D eigenvalue weighted by Crippen LogP contribution is 2.24. The monoisotopic (exact) mass is 378 g/mol. The Kier molecular flexibility index (Phi) is 5.38. The van der Waals surface area contributed by atoms with E-state index in [2.05, 4.69) is 10.2 Å². The van der Waals surface area contributed by atoms with Crippen LogP contribution in [0.4, 0.5) is 0 Å². The number of aromatic nitrogens is 2. The Morgan fingerprint density at radius 2 is 2.00 bits per heavy atom. The summed E-state index contributed by atoms with van der Waals surface area (Å²) < 4.78 is 29.9. The molecule has 2 heterocycles. The normalized spacial score (nSPS) is 16.2. The van der Waals surface area contributed by atoms with Crippen LogP contribution in [0.15, 0.2) is 30.5 Å². The minimum atomic E-state index is -3.36. The van der Waals surface area contributed by atoms with Gasteiger partial charge in [0.15, 0.2) is 0 Å². The number of likely N-dealkylation sites (N-methyl/N-ethyl adjacent to an activating group) is 1. The molecule has 8 nitrogen and oxygen atoms in total. The summed E-state index contributed by atoms with van der Waals surface area (Å²) >= 11 is 0. The molecule has 0 atom stereocenters. The molecule has 1 amide bonds. The van der Waals surface area contributed by atoms with E-state index in [0.717, 1.165) is 21.3 Å². The summed E-state index contributed by atoms with van der Waals surface area (Å²) in [5, 5.41) is 9.95. The highest BCUT2D eigenvalue weighted by atomic mass is 32.2. The van der Waals surface area contributed by atoms with Gasteiger partial charge in [-0.3, -0.25) is 4.79 Å². The van der Waals surface area contributed by atoms with Crippen LogP contribution in [-0.2, 0) is 14.8 Å². The first-order valence-electron chi connectivity index (χ1n) is 8.41. The first-order chi connectivity index (χ1) is 12.3. The van der Waals surface area contributed by atoms with Gasteiger partial charge in [-0.1, -0.05) is 18.2 Å². The van der Waals surface area contributed by atoms with Gasteiger partial charge in [0.1, 0.15) is 6.10 Å². The smallest absolute Gasteiger partial charge is 0.241 e. The van der Waals surface area contributed by atoms with Gasteiger partial charge in [-0.2, -0.15) is 9.40 Å². The molecule has 0 radical (unpaired) electrons. The third kappa shape index (κ3) is 4.28. The van der Waals surface area contributed by atoms with E-state index in [4.69, 9.17) is 4.74 Å². The van der Waals surface area contributed by atoms with E-state index >= 15 is 0 Å². The zero-order chi connectivity index (χ0) is 18.7. The number of carbonyl (C=O) groups excluding carboxylic acids is 1. The molecular formula is C17H22N4O4S. The van der Waals surface area contributed by atoms with Crippen LogP contribution in [-0.4, -0.2) is 72.8 Å². The van der Waals surface area contributed by atoms with Crippen molar-refractivity contribution in [3.8, 4) is 5.88 Å². The number of benzene rings is 1. The summed E-state index contributed by atoms with van der Waals surface area (Å²) in [4.78, 5) is 13.9. The second-order valence-electron chi connectivity index (χ2n) is 6.45. The lowest BCUT2D eigenvalue weighted by molar-refractivity contribution is -0.133. The topological polar surface area (TPSA) is 92.7 Å². The molecule has 1 aromatic carbocycles. The van der Waals surface area contributed by atoms with Crippen molar-refractivity contribution in [3.05, 3.63) is 30.5 Å². The van der Waals surface area contributed by atoms with Crippen molar-refractivity contribution in [3.63, 3.8) is 0 Å². The van der Waals surface area contributed by atoms with E-state index in [0.29, 0.717) is 31.8 Å². The van der Waals surface area contributed by atoms with Gasteiger partial charge >= 0.3 is 0 Å². The Balaban J connectivity index is 1.58. The first-order valence-corrected chi connectivity index (χ1v) is 10.3. The Morgan fingerprint density at radius 3 is 2.69 bits per heavy atom. The van der Waals surface area contributed by atoms with Crippen molar-refractivity contribution >= 4 is 26.7 Å². The fourth-order valence-electron chi connectivity index (χ4n) is 2.88. The Labute approximate surface area is 152 Å². The number of likely N-dealkylation sites (tertiary alicyclic amines) is 1. The van der Waals surface area contributed by atoms with Crippen molar-refractivity contribution in [2.75, 3.05) is 32.9 Å². The van der Waals surface area contributed by atoms with Gasteiger partial charge in [0.2, 0.25) is 21.8 Å².